The highest BCUT2D eigenvalue weighted by Crippen LogP contribution is 2.09. The predicted molar refractivity (Wildman–Crippen MR) is 67.2 cm³/mol. The number of benzene rings is 1. The van der Waals surface area contributed by atoms with E-state index in [1.807, 2.05) is 31.4 Å². The molecule has 1 aromatic carbocycles. The van der Waals surface area contributed by atoms with Crippen LogP contribution in [0.2, 0.25) is 0 Å². The minimum Gasteiger partial charge on any atom is -0.388 e. The van der Waals surface area contributed by atoms with Crippen molar-refractivity contribution in [3.63, 3.8) is 0 Å². The van der Waals surface area contributed by atoms with E-state index >= 15 is 0 Å². The molecule has 0 aliphatic rings. The van der Waals surface area contributed by atoms with Crippen LogP contribution in [0.1, 0.15) is 12.5 Å². The van der Waals surface area contributed by atoms with Gasteiger partial charge in [0.2, 0.25) is 0 Å². The van der Waals surface area contributed by atoms with Gasteiger partial charge in [0.05, 0.1) is 5.60 Å². The Morgan fingerprint density at radius 3 is 2.60 bits per heavy atom. The third-order valence-electron chi connectivity index (χ3n) is 2.13. The van der Waals surface area contributed by atoms with Crippen molar-refractivity contribution in [1.29, 1.82) is 0 Å². The first kappa shape index (κ1) is 12.6. The van der Waals surface area contributed by atoms with Gasteiger partial charge in [0, 0.05) is 18.8 Å². The fourth-order valence-corrected chi connectivity index (χ4v) is 2.16. The number of rotatable bonds is 6. The highest BCUT2D eigenvalue weighted by molar-refractivity contribution is 7.98. The molecule has 3 heteroatoms. The van der Waals surface area contributed by atoms with Crippen LogP contribution >= 0.6 is 11.8 Å². The molecule has 0 radical (unpaired) electrons. The van der Waals surface area contributed by atoms with Crippen molar-refractivity contribution in [2.45, 2.75) is 19.1 Å². The maximum Gasteiger partial charge on any atom is 0.0833 e. The summed E-state index contributed by atoms with van der Waals surface area (Å²) < 4.78 is 0. The molecule has 0 aliphatic heterocycles. The summed E-state index contributed by atoms with van der Waals surface area (Å²) in [7, 11) is 0. The van der Waals surface area contributed by atoms with Crippen molar-refractivity contribution in [3.05, 3.63) is 35.9 Å². The lowest BCUT2D eigenvalue weighted by Gasteiger charge is -2.22. The Kier molecular flexibility index (Phi) is 5.15. The fourth-order valence-electron chi connectivity index (χ4n) is 1.43. The van der Waals surface area contributed by atoms with E-state index in [-0.39, 0.29) is 0 Å². The first-order chi connectivity index (χ1) is 7.14. The summed E-state index contributed by atoms with van der Waals surface area (Å²) in [5.41, 5.74) is 0.631. The van der Waals surface area contributed by atoms with Crippen LogP contribution in [0, 0.1) is 0 Å². The van der Waals surface area contributed by atoms with Crippen LogP contribution in [0.4, 0.5) is 0 Å². The molecule has 1 rings (SSSR count). The Morgan fingerprint density at radius 2 is 2.00 bits per heavy atom. The number of aliphatic hydroxyl groups is 1. The second-order valence-electron chi connectivity index (χ2n) is 4.02. The van der Waals surface area contributed by atoms with Gasteiger partial charge in [-0.05, 0) is 18.7 Å². The molecule has 0 spiro atoms. The van der Waals surface area contributed by atoms with Gasteiger partial charge in [0.1, 0.15) is 0 Å². The Morgan fingerprint density at radius 1 is 1.33 bits per heavy atom. The molecule has 0 saturated carbocycles. The van der Waals surface area contributed by atoms with Gasteiger partial charge < -0.3 is 10.4 Å². The molecular weight excluding hydrogens is 206 g/mol. The van der Waals surface area contributed by atoms with E-state index in [0.29, 0.717) is 6.54 Å². The summed E-state index contributed by atoms with van der Waals surface area (Å²) in [6.45, 7) is 3.30. The quantitative estimate of drug-likeness (QED) is 0.775. The van der Waals surface area contributed by atoms with Crippen molar-refractivity contribution in [3.8, 4) is 0 Å². The SMILES string of the molecule is CSCC(C)(O)CNCc1ccccc1. The lowest BCUT2D eigenvalue weighted by Crippen LogP contribution is -2.39. The van der Waals surface area contributed by atoms with E-state index in [1.54, 1.807) is 11.8 Å². The Bertz CT molecular complexity index is 274. The number of hydrogen-bond donors (Lipinski definition) is 2. The molecule has 0 aromatic heterocycles. The molecule has 0 amide bonds. The first-order valence-electron chi connectivity index (χ1n) is 5.10. The predicted octanol–water partition coefficient (Wildman–Crippen LogP) is 1.89. The van der Waals surface area contributed by atoms with Crippen LogP contribution in [-0.4, -0.2) is 29.3 Å². The first-order valence-corrected chi connectivity index (χ1v) is 6.49. The van der Waals surface area contributed by atoms with Gasteiger partial charge in [-0.25, -0.2) is 0 Å². The van der Waals surface area contributed by atoms with Gasteiger partial charge in [-0.1, -0.05) is 30.3 Å². The van der Waals surface area contributed by atoms with Gasteiger partial charge in [0.25, 0.3) is 0 Å². The molecule has 2 nitrogen and oxygen atoms in total. The van der Waals surface area contributed by atoms with Crippen LogP contribution in [0.3, 0.4) is 0 Å². The van der Waals surface area contributed by atoms with E-state index < -0.39 is 5.60 Å². The summed E-state index contributed by atoms with van der Waals surface area (Å²) in [4.78, 5) is 0. The summed E-state index contributed by atoms with van der Waals surface area (Å²) in [6, 6.07) is 10.2. The molecule has 0 bridgehead atoms. The molecule has 0 fully saturated rings. The molecule has 2 N–H and O–H groups in total. The molecule has 0 aliphatic carbocycles. The van der Waals surface area contributed by atoms with Crippen LogP contribution < -0.4 is 5.32 Å². The Labute approximate surface area is 96.1 Å². The van der Waals surface area contributed by atoms with Gasteiger partial charge in [0.15, 0.2) is 0 Å². The summed E-state index contributed by atoms with van der Waals surface area (Å²) in [5.74, 6) is 0.759. The molecule has 1 atom stereocenters. The van der Waals surface area contributed by atoms with Crippen molar-refractivity contribution in [1.82, 2.24) is 5.32 Å². The maximum absolute atomic E-state index is 9.91. The van der Waals surface area contributed by atoms with Crippen LogP contribution in [0.15, 0.2) is 30.3 Å². The minimum absolute atomic E-state index is 0.617. The maximum atomic E-state index is 9.91. The smallest absolute Gasteiger partial charge is 0.0833 e. The zero-order chi connectivity index (χ0) is 11.1. The molecule has 0 saturated heterocycles. The minimum atomic E-state index is -0.617. The van der Waals surface area contributed by atoms with Crippen LogP contribution in [0.25, 0.3) is 0 Å². The van der Waals surface area contributed by atoms with Crippen molar-refractivity contribution in [2.24, 2.45) is 0 Å². The van der Waals surface area contributed by atoms with Crippen LogP contribution in [0.5, 0.6) is 0 Å². The van der Waals surface area contributed by atoms with E-state index in [9.17, 15) is 5.11 Å². The zero-order valence-electron chi connectivity index (χ0n) is 9.36. The molecule has 0 heterocycles. The molecule has 1 aromatic rings. The second kappa shape index (κ2) is 6.16. The number of thioether (sulfide) groups is 1. The van der Waals surface area contributed by atoms with Crippen molar-refractivity contribution < 1.29 is 5.11 Å². The van der Waals surface area contributed by atoms with Crippen molar-refractivity contribution >= 4 is 11.8 Å². The monoisotopic (exact) mass is 225 g/mol. The third-order valence-corrected chi connectivity index (χ3v) is 3.04. The standard InChI is InChI=1S/C12H19NOS/c1-12(14,10-15-2)9-13-8-11-6-4-3-5-7-11/h3-7,13-14H,8-10H2,1-2H3. The highest BCUT2D eigenvalue weighted by Gasteiger charge is 2.18. The molecular formula is C12H19NOS. The lowest BCUT2D eigenvalue weighted by atomic mass is 10.1. The second-order valence-corrected chi connectivity index (χ2v) is 4.89. The van der Waals surface area contributed by atoms with E-state index in [4.69, 9.17) is 0 Å². The normalized spacial score (nSPS) is 14.9. The van der Waals surface area contributed by atoms with Crippen molar-refractivity contribution in [2.75, 3.05) is 18.6 Å². The van der Waals surface area contributed by atoms with Gasteiger partial charge in [-0.2, -0.15) is 11.8 Å². The number of hydrogen-bond acceptors (Lipinski definition) is 3. The number of nitrogens with one attached hydrogen (secondary N) is 1. The average Bonchev–Trinajstić information content (AvgIpc) is 2.19. The third kappa shape index (κ3) is 5.21. The zero-order valence-corrected chi connectivity index (χ0v) is 10.2. The van der Waals surface area contributed by atoms with Crippen LogP contribution in [-0.2, 0) is 6.54 Å². The molecule has 15 heavy (non-hydrogen) atoms. The molecule has 1 unspecified atom stereocenters. The van der Waals surface area contributed by atoms with Gasteiger partial charge in [-0.15, -0.1) is 0 Å². The van der Waals surface area contributed by atoms with Gasteiger partial charge >= 0.3 is 0 Å². The van der Waals surface area contributed by atoms with E-state index in [0.717, 1.165) is 12.3 Å². The summed E-state index contributed by atoms with van der Waals surface area (Å²) in [5, 5.41) is 13.2. The Hall–Kier alpha value is -0.510. The van der Waals surface area contributed by atoms with E-state index in [1.165, 1.54) is 5.56 Å². The molecule has 84 valence electrons. The fraction of sp³-hybridized carbons (Fsp3) is 0.500. The average molecular weight is 225 g/mol. The largest absolute Gasteiger partial charge is 0.388 e. The summed E-state index contributed by atoms with van der Waals surface area (Å²) >= 11 is 1.66. The highest BCUT2D eigenvalue weighted by atomic mass is 32.2. The Balaban J connectivity index is 2.27. The van der Waals surface area contributed by atoms with Gasteiger partial charge in [-0.3, -0.25) is 0 Å². The van der Waals surface area contributed by atoms with E-state index in [2.05, 4.69) is 17.4 Å². The summed E-state index contributed by atoms with van der Waals surface area (Å²) in [6.07, 6.45) is 2.01. The lowest BCUT2D eigenvalue weighted by molar-refractivity contribution is 0.0846. The topological polar surface area (TPSA) is 32.3 Å².